The predicted octanol–water partition coefficient (Wildman–Crippen LogP) is 4.74. The molecule has 3 atom stereocenters. The summed E-state index contributed by atoms with van der Waals surface area (Å²) in [6.07, 6.45) is 0.866. The zero-order chi connectivity index (χ0) is 21.1. The fourth-order valence-electron chi connectivity index (χ4n) is 3.93. The van der Waals surface area contributed by atoms with Crippen molar-refractivity contribution in [1.29, 1.82) is 0 Å². The topological polar surface area (TPSA) is 39.7 Å². The fraction of sp³-hybridized carbons (Fsp3) is 0.333. The van der Waals surface area contributed by atoms with Crippen molar-refractivity contribution in [2.75, 3.05) is 13.2 Å². The van der Waals surface area contributed by atoms with Crippen molar-refractivity contribution in [2.24, 2.45) is 0 Å². The molecule has 31 heavy (non-hydrogen) atoms. The third-order valence-corrected chi connectivity index (χ3v) is 5.60. The molecule has 4 nitrogen and oxygen atoms in total. The normalized spacial score (nSPS) is 21.1. The van der Waals surface area contributed by atoms with E-state index >= 15 is 0 Å². The van der Waals surface area contributed by atoms with Gasteiger partial charge in [0.1, 0.15) is 6.10 Å². The molecule has 1 saturated heterocycles. The molecule has 1 aliphatic rings. The van der Waals surface area contributed by atoms with Gasteiger partial charge >= 0.3 is 0 Å². The van der Waals surface area contributed by atoms with Gasteiger partial charge in [0.2, 0.25) is 0 Å². The van der Waals surface area contributed by atoms with Crippen LogP contribution < -0.4 is 5.32 Å². The molecule has 4 rings (SSSR count). The lowest BCUT2D eigenvalue weighted by atomic mass is 9.98. The maximum atomic E-state index is 6.42. The Morgan fingerprint density at radius 3 is 1.74 bits per heavy atom. The van der Waals surface area contributed by atoms with Gasteiger partial charge in [-0.05, 0) is 29.7 Å². The van der Waals surface area contributed by atoms with Crippen LogP contribution in [0.5, 0.6) is 0 Å². The lowest BCUT2D eigenvalue weighted by molar-refractivity contribution is -0.125. The fourth-order valence-corrected chi connectivity index (χ4v) is 3.93. The van der Waals surface area contributed by atoms with Gasteiger partial charge in [0.25, 0.3) is 0 Å². The molecule has 0 spiro atoms. The van der Waals surface area contributed by atoms with Crippen LogP contribution in [0.15, 0.2) is 91.0 Å². The first-order valence-corrected chi connectivity index (χ1v) is 11.0. The van der Waals surface area contributed by atoms with E-state index in [2.05, 4.69) is 41.7 Å². The molecular formula is C27H31NO3. The summed E-state index contributed by atoms with van der Waals surface area (Å²) >= 11 is 0. The van der Waals surface area contributed by atoms with E-state index in [1.165, 1.54) is 16.7 Å². The minimum atomic E-state index is -0.0755. The number of hydrogen-bond acceptors (Lipinski definition) is 4. The van der Waals surface area contributed by atoms with Crippen LogP contribution in [0.1, 0.15) is 23.1 Å². The molecule has 4 heteroatoms. The van der Waals surface area contributed by atoms with Crippen LogP contribution in [0.25, 0.3) is 0 Å². The van der Waals surface area contributed by atoms with Crippen LogP contribution in [0, 0.1) is 0 Å². The molecular weight excluding hydrogens is 386 g/mol. The van der Waals surface area contributed by atoms with E-state index in [-0.39, 0.29) is 18.2 Å². The van der Waals surface area contributed by atoms with E-state index in [1.807, 2.05) is 54.6 Å². The van der Waals surface area contributed by atoms with Crippen LogP contribution in [0.2, 0.25) is 0 Å². The van der Waals surface area contributed by atoms with Crippen molar-refractivity contribution in [3.8, 4) is 0 Å². The van der Waals surface area contributed by atoms with Gasteiger partial charge in [-0.2, -0.15) is 0 Å². The Balaban J connectivity index is 1.38. The molecule has 3 aromatic carbocycles. The average Bonchev–Trinajstić information content (AvgIpc) is 2.84. The van der Waals surface area contributed by atoms with Crippen molar-refractivity contribution < 1.29 is 14.2 Å². The van der Waals surface area contributed by atoms with Gasteiger partial charge in [-0.3, -0.25) is 0 Å². The van der Waals surface area contributed by atoms with Crippen LogP contribution in [0.3, 0.4) is 0 Å². The zero-order valence-electron chi connectivity index (χ0n) is 17.9. The highest BCUT2D eigenvalue weighted by atomic mass is 16.5. The number of benzene rings is 3. The summed E-state index contributed by atoms with van der Waals surface area (Å²) in [7, 11) is 0. The number of piperidine rings is 1. The molecule has 1 heterocycles. The minimum Gasteiger partial charge on any atom is -0.375 e. The number of hydrogen-bond donors (Lipinski definition) is 1. The van der Waals surface area contributed by atoms with E-state index in [9.17, 15) is 0 Å². The average molecular weight is 418 g/mol. The lowest BCUT2D eigenvalue weighted by Crippen LogP contribution is -2.56. The Hall–Kier alpha value is -2.50. The number of ether oxygens (including phenoxy) is 3. The molecule has 1 aliphatic heterocycles. The third-order valence-electron chi connectivity index (χ3n) is 5.60. The molecule has 162 valence electrons. The van der Waals surface area contributed by atoms with E-state index in [0.717, 1.165) is 13.0 Å². The summed E-state index contributed by atoms with van der Waals surface area (Å²) in [4.78, 5) is 0. The van der Waals surface area contributed by atoms with E-state index in [1.54, 1.807) is 0 Å². The van der Waals surface area contributed by atoms with Gasteiger partial charge < -0.3 is 19.5 Å². The van der Waals surface area contributed by atoms with Crippen LogP contribution in [0.4, 0.5) is 0 Å². The minimum absolute atomic E-state index is 0.0236. The van der Waals surface area contributed by atoms with Gasteiger partial charge in [0.15, 0.2) is 0 Å². The molecule has 0 radical (unpaired) electrons. The number of rotatable bonds is 10. The highest BCUT2D eigenvalue weighted by molar-refractivity contribution is 5.15. The Kier molecular flexibility index (Phi) is 8.25. The summed E-state index contributed by atoms with van der Waals surface area (Å²) in [5, 5.41) is 3.59. The van der Waals surface area contributed by atoms with Crippen molar-refractivity contribution >= 4 is 0 Å². The monoisotopic (exact) mass is 417 g/mol. The van der Waals surface area contributed by atoms with Gasteiger partial charge in [0, 0.05) is 0 Å². The molecule has 3 aromatic rings. The predicted molar refractivity (Wildman–Crippen MR) is 123 cm³/mol. The first-order chi connectivity index (χ1) is 15.4. The standard InChI is InChI=1S/C27H31NO3/c1-4-10-22(11-5-1)18-29-21-25-27(31-20-24-14-8-3-9-15-24)26(16-17-28-25)30-19-23-12-6-2-7-13-23/h1-15,25-28H,16-21H2/t25-,26+,27+/m0/s1. The van der Waals surface area contributed by atoms with Gasteiger partial charge in [-0.15, -0.1) is 0 Å². The molecule has 0 aliphatic carbocycles. The van der Waals surface area contributed by atoms with E-state index in [0.29, 0.717) is 26.4 Å². The van der Waals surface area contributed by atoms with E-state index < -0.39 is 0 Å². The second kappa shape index (κ2) is 11.8. The number of nitrogens with one attached hydrogen (secondary N) is 1. The SMILES string of the molecule is c1ccc(COC[C@@H]2NCC[C@@H](OCc3ccccc3)[C@@H]2OCc2ccccc2)cc1. The van der Waals surface area contributed by atoms with Crippen molar-refractivity contribution in [3.05, 3.63) is 108 Å². The molecule has 1 fully saturated rings. The summed E-state index contributed by atoms with van der Waals surface area (Å²) in [5.74, 6) is 0. The Labute approximate surface area is 185 Å². The van der Waals surface area contributed by atoms with Crippen molar-refractivity contribution in [3.63, 3.8) is 0 Å². The van der Waals surface area contributed by atoms with Crippen LogP contribution >= 0.6 is 0 Å². The van der Waals surface area contributed by atoms with Crippen molar-refractivity contribution in [1.82, 2.24) is 5.32 Å². The largest absolute Gasteiger partial charge is 0.375 e. The summed E-state index contributed by atoms with van der Waals surface area (Å²) in [5.41, 5.74) is 3.52. The van der Waals surface area contributed by atoms with Crippen LogP contribution in [-0.2, 0) is 34.0 Å². The highest BCUT2D eigenvalue weighted by Crippen LogP contribution is 2.21. The van der Waals surface area contributed by atoms with Gasteiger partial charge in [0.05, 0.1) is 38.6 Å². The molecule has 1 N–H and O–H groups in total. The summed E-state index contributed by atoms with van der Waals surface area (Å²) in [6.45, 7) is 3.23. The zero-order valence-corrected chi connectivity index (χ0v) is 17.9. The second-order valence-electron chi connectivity index (χ2n) is 7.95. The molecule has 0 aromatic heterocycles. The van der Waals surface area contributed by atoms with Crippen molar-refractivity contribution in [2.45, 2.75) is 44.5 Å². The quantitative estimate of drug-likeness (QED) is 0.517. The Bertz CT molecular complexity index is 873. The lowest BCUT2D eigenvalue weighted by Gasteiger charge is -2.38. The first kappa shape index (κ1) is 21.7. The third kappa shape index (κ3) is 6.74. The molecule has 0 amide bonds. The smallest absolute Gasteiger partial charge is 0.102 e. The summed E-state index contributed by atoms with van der Waals surface area (Å²) in [6, 6.07) is 31.0. The molecule has 0 saturated carbocycles. The van der Waals surface area contributed by atoms with Crippen LogP contribution in [-0.4, -0.2) is 31.4 Å². The summed E-state index contributed by atoms with van der Waals surface area (Å²) < 4.78 is 18.8. The Morgan fingerprint density at radius 2 is 1.16 bits per heavy atom. The second-order valence-corrected chi connectivity index (χ2v) is 7.95. The maximum absolute atomic E-state index is 6.42. The molecule has 0 bridgehead atoms. The van der Waals surface area contributed by atoms with Gasteiger partial charge in [-0.25, -0.2) is 0 Å². The van der Waals surface area contributed by atoms with E-state index in [4.69, 9.17) is 14.2 Å². The molecule has 0 unspecified atom stereocenters. The highest BCUT2D eigenvalue weighted by Gasteiger charge is 2.35. The van der Waals surface area contributed by atoms with Gasteiger partial charge in [-0.1, -0.05) is 91.0 Å². The maximum Gasteiger partial charge on any atom is 0.102 e. The first-order valence-electron chi connectivity index (χ1n) is 11.0. The Morgan fingerprint density at radius 1 is 0.645 bits per heavy atom.